The average Bonchev–Trinajstić information content (AvgIpc) is 3.27. The third-order valence-corrected chi connectivity index (χ3v) is 5.94. The van der Waals surface area contributed by atoms with Crippen molar-refractivity contribution in [2.75, 3.05) is 20.2 Å². The summed E-state index contributed by atoms with van der Waals surface area (Å²) < 4.78 is 4.93. The van der Waals surface area contributed by atoms with Crippen molar-refractivity contribution in [2.45, 2.75) is 45.4 Å². The maximum Gasteiger partial charge on any atom is 0.328 e. The van der Waals surface area contributed by atoms with Crippen LogP contribution in [-0.2, 0) is 14.3 Å². The Kier molecular flexibility index (Phi) is 5.43. The molecule has 9 nitrogen and oxygen atoms in total. The highest BCUT2D eigenvalue weighted by atomic mass is 16.5. The molecular formula is C22H27N5O4. The van der Waals surface area contributed by atoms with Crippen LogP contribution in [0.3, 0.4) is 0 Å². The van der Waals surface area contributed by atoms with E-state index in [0.29, 0.717) is 5.96 Å². The molecule has 3 heterocycles. The molecule has 3 aliphatic rings. The number of aliphatic imine (C=N–C) groups is 1. The number of benzene rings is 1. The number of ether oxygens (including phenoxy) is 1. The minimum atomic E-state index is -0.650. The molecule has 3 aliphatic heterocycles. The van der Waals surface area contributed by atoms with E-state index in [2.05, 4.69) is 24.0 Å². The van der Waals surface area contributed by atoms with Crippen LogP contribution < -0.4 is 0 Å². The standard InChI is InChI=1S/C22H27N5O4/c1-5-31-17(28)11-12-25-20(29)18-19(24(4)22(25)30)23-21-26(18)13-14(2)27(21)15(3)16-9-7-6-8-10-16/h6-10,13,15,18-19H,5,11-12H2,1-4H3. The largest absolute Gasteiger partial charge is 0.466 e. The van der Waals surface area contributed by atoms with Crippen molar-refractivity contribution in [3.05, 3.63) is 47.8 Å². The van der Waals surface area contributed by atoms with Gasteiger partial charge in [0, 0.05) is 25.5 Å². The molecule has 164 valence electrons. The molecule has 4 rings (SSSR count). The number of guanidine groups is 1. The molecule has 3 atom stereocenters. The van der Waals surface area contributed by atoms with Crippen molar-refractivity contribution in [3.8, 4) is 0 Å². The molecule has 1 fully saturated rings. The second-order valence-corrected chi connectivity index (χ2v) is 7.86. The lowest BCUT2D eigenvalue weighted by atomic mass is 10.1. The molecule has 9 heteroatoms. The number of rotatable bonds is 6. The van der Waals surface area contributed by atoms with E-state index in [4.69, 9.17) is 9.73 Å². The first-order valence-corrected chi connectivity index (χ1v) is 10.5. The first-order chi connectivity index (χ1) is 14.8. The van der Waals surface area contributed by atoms with Crippen molar-refractivity contribution in [1.29, 1.82) is 0 Å². The fraction of sp³-hybridized carbons (Fsp3) is 0.455. The monoisotopic (exact) mass is 425 g/mol. The average molecular weight is 425 g/mol. The summed E-state index contributed by atoms with van der Waals surface area (Å²) in [7, 11) is 1.64. The number of imide groups is 1. The van der Waals surface area contributed by atoms with Crippen molar-refractivity contribution in [2.24, 2.45) is 4.99 Å². The summed E-state index contributed by atoms with van der Waals surface area (Å²) in [6, 6.07) is 8.98. The highest BCUT2D eigenvalue weighted by molar-refractivity contribution is 6.05. The Morgan fingerprint density at radius 1 is 1.23 bits per heavy atom. The molecule has 0 N–H and O–H groups in total. The minimum Gasteiger partial charge on any atom is -0.466 e. The zero-order valence-corrected chi connectivity index (χ0v) is 18.2. The highest BCUT2D eigenvalue weighted by Gasteiger charge is 2.54. The van der Waals surface area contributed by atoms with Crippen LogP contribution in [0.1, 0.15) is 38.8 Å². The van der Waals surface area contributed by atoms with E-state index >= 15 is 0 Å². The van der Waals surface area contributed by atoms with Gasteiger partial charge in [-0.05, 0) is 26.3 Å². The number of amides is 3. The summed E-state index contributed by atoms with van der Waals surface area (Å²) in [6.07, 6.45) is 1.27. The molecule has 1 saturated heterocycles. The predicted molar refractivity (Wildman–Crippen MR) is 113 cm³/mol. The van der Waals surface area contributed by atoms with Gasteiger partial charge in [-0.2, -0.15) is 0 Å². The summed E-state index contributed by atoms with van der Waals surface area (Å²) in [4.78, 5) is 49.2. The van der Waals surface area contributed by atoms with E-state index in [-0.39, 0.29) is 31.5 Å². The van der Waals surface area contributed by atoms with E-state index in [9.17, 15) is 14.4 Å². The smallest absolute Gasteiger partial charge is 0.328 e. The van der Waals surface area contributed by atoms with Crippen LogP contribution in [0.5, 0.6) is 0 Å². The van der Waals surface area contributed by atoms with Crippen LogP contribution >= 0.6 is 0 Å². The third kappa shape index (κ3) is 3.43. The zero-order chi connectivity index (χ0) is 22.3. The molecule has 0 saturated carbocycles. The van der Waals surface area contributed by atoms with E-state index in [1.807, 2.05) is 36.2 Å². The zero-order valence-electron chi connectivity index (χ0n) is 18.2. The van der Waals surface area contributed by atoms with Gasteiger partial charge in [0.05, 0.1) is 19.1 Å². The van der Waals surface area contributed by atoms with E-state index in [0.717, 1.165) is 16.2 Å². The van der Waals surface area contributed by atoms with Crippen LogP contribution in [0, 0.1) is 0 Å². The van der Waals surface area contributed by atoms with Gasteiger partial charge in [0.15, 0.2) is 12.2 Å². The molecule has 0 bridgehead atoms. The number of hydrogen-bond donors (Lipinski definition) is 0. The summed E-state index contributed by atoms with van der Waals surface area (Å²) >= 11 is 0. The lowest BCUT2D eigenvalue weighted by molar-refractivity contribution is -0.144. The topological polar surface area (TPSA) is 85.8 Å². The molecule has 0 aromatic heterocycles. The van der Waals surface area contributed by atoms with Crippen LogP contribution in [-0.4, -0.2) is 75.9 Å². The Morgan fingerprint density at radius 2 is 1.94 bits per heavy atom. The van der Waals surface area contributed by atoms with Gasteiger partial charge < -0.3 is 19.4 Å². The van der Waals surface area contributed by atoms with E-state index < -0.39 is 24.2 Å². The quantitative estimate of drug-likeness (QED) is 0.649. The van der Waals surface area contributed by atoms with E-state index in [1.165, 1.54) is 4.90 Å². The summed E-state index contributed by atoms with van der Waals surface area (Å²) in [6.45, 7) is 6.03. The fourth-order valence-corrected chi connectivity index (χ4v) is 4.37. The second kappa shape index (κ2) is 8.05. The number of urea groups is 1. The summed E-state index contributed by atoms with van der Waals surface area (Å²) in [5.74, 6) is -0.130. The van der Waals surface area contributed by atoms with Gasteiger partial charge in [-0.3, -0.25) is 14.5 Å². The Bertz CT molecular complexity index is 960. The normalized spacial score (nSPS) is 23.5. The van der Waals surface area contributed by atoms with Crippen molar-refractivity contribution in [3.63, 3.8) is 0 Å². The van der Waals surface area contributed by atoms with Crippen LogP contribution in [0.4, 0.5) is 4.79 Å². The summed E-state index contributed by atoms with van der Waals surface area (Å²) in [5.41, 5.74) is 2.10. The van der Waals surface area contributed by atoms with Gasteiger partial charge in [-0.25, -0.2) is 9.79 Å². The van der Waals surface area contributed by atoms with Crippen LogP contribution in [0.25, 0.3) is 0 Å². The Hall–Kier alpha value is -3.36. The maximum atomic E-state index is 13.3. The predicted octanol–water partition coefficient (Wildman–Crippen LogP) is 2.14. The number of carbonyl (C=O) groups is 3. The molecule has 31 heavy (non-hydrogen) atoms. The molecule has 0 aliphatic carbocycles. The lowest BCUT2D eigenvalue weighted by Gasteiger charge is -2.40. The number of esters is 1. The van der Waals surface area contributed by atoms with Gasteiger partial charge in [-0.1, -0.05) is 30.3 Å². The molecule has 3 amide bonds. The molecular weight excluding hydrogens is 398 g/mol. The second-order valence-electron chi connectivity index (χ2n) is 7.86. The molecule has 1 aromatic carbocycles. The van der Waals surface area contributed by atoms with Gasteiger partial charge >= 0.3 is 12.0 Å². The third-order valence-electron chi connectivity index (χ3n) is 5.94. The fourth-order valence-electron chi connectivity index (χ4n) is 4.37. The van der Waals surface area contributed by atoms with Crippen LogP contribution in [0.2, 0.25) is 0 Å². The summed E-state index contributed by atoms with van der Waals surface area (Å²) in [5, 5.41) is 0. The SMILES string of the molecule is CCOC(=O)CCN1C(=O)C2C(N=C3N2C=C(C)N3C(C)c2ccccc2)N(C)C1=O. The molecule has 0 spiro atoms. The van der Waals surface area contributed by atoms with E-state index in [1.54, 1.807) is 14.0 Å². The number of nitrogens with zero attached hydrogens (tertiary/aromatic N) is 5. The first-order valence-electron chi connectivity index (χ1n) is 10.5. The van der Waals surface area contributed by atoms with Crippen molar-refractivity contribution in [1.82, 2.24) is 19.6 Å². The number of fused-ring (bicyclic) bond motifs is 3. The number of likely N-dealkylation sites (N-methyl/N-ethyl adjacent to an activating group) is 1. The molecule has 3 unspecified atom stereocenters. The Balaban J connectivity index is 1.58. The number of allylic oxidation sites excluding steroid dienone is 1. The van der Waals surface area contributed by atoms with Gasteiger partial charge in [0.1, 0.15) is 0 Å². The van der Waals surface area contributed by atoms with Crippen LogP contribution in [0.15, 0.2) is 47.2 Å². The van der Waals surface area contributed by atoms with Gasteiger partial charge in [0.2, 0.25) is 5.96 Å². The number of hydrogen-bond acceptors (Lipinski definition) is 7. The van der Waals surface area contributed by atoms with Crippen molar-refractivity contribution >= 4 is 23.9 Å². The van der Waals surface area contributed by atoms with Gasteiger partial charge in [0.25, 0.3) is 5.91 Å². The van der Waals surface area contributed by atoms with Crippen molar-refractivity contribution < 1.29 is 19.1 Å². The highest BCUT2D eigenvalue weighted by Crippen LogP contribution is 2.38. The molecule has 0 radical (unpaired) electrons. The Labute approximate surface area is 181 Å². The maximum absolute atomic E-state index is 13.3. The lowest BCUT2D eigenvalue weighted by Crippen LogP contribution is -2.64. The Morgan fingerprint density at radius 3 is 2.61 bits per heavy atom. The number of carbonyl (C=O) groups excluding carboxylic acids is 3. The minimum absolute atomic E-state index is 0.0115. The van der Waals surface area contributed by atoms with Gasteiger partial charge in [-0.15, -0.1) is 0 Å². The first kappa shape index (κ1) is 20.9. The molecule has 1 aromatic rings.